The Morgan fingerprint density at radius 3 is 2.81 bits per heavy atom. The second-order valence-corrected chi connectivity index (χ2v) is 4.49. The van der Waals surface area contributed by atoms with Crippen molar-refractivity contribution in [3.05, 3.63) is 0 Å². The summed E-state index contributed by atoms with van der Waals surface area (Å²) in [5.74, 6) is 0.170. The number of hydrogen-bond donors (Lipinski definition) is 1. The molecule has 0 aromatic heterocycles. The minimum atomic E-state index is 0.170. The molecule has 1 unspecified atom stereocenters. The van der Waals surface area contributed by atoms with Crippen LogP contribution < -0.4 is 5.32 Å². The van der Waals surface area contributed by atoms with Gasteiger partial charge in [-0.25, -0.2) is 0 Å². The molecule has 2 saturated heterocycles. The van der Waals surface area contributed by atoms with E-state index in [2.05, 4.69) is 10.2 Å². The molecule has 1 atom stereocenters. The zero-order chi connectivity index (χ0) is 11.4. The maximum absolute atomic E-state index is 11.5. The lowest BCUT2D eigenvalue weighted by Gasteiger charge is -2.39. The van der Waals surface area contributed by atoms with Crippen LogP contribution in [-0.4, -0.2) is 74.2 Å². The van der Waals surface area contributed by atoms with Crippen molar-refractivity contribution >= 4 is 5.91 Å². The molecular weight excluding hydrogens is 206 g/mol. The van der Waals surface area contributed by atoms with Gasteiger partial charge < -0.3 is 15.0 Å². The Bertz CT molecular complexity index is 241. The van der Waals surface area contributed by atoms with Crippen LogP contribution in [0.5, 0.6) is 0 Å². The van der Waals surface area contributed by atoms with Crippen LogP contribution in [0.15, 0.2) is 0 Å². The van der Waals surface area contributed by atoms with E-state index in [0.717, 1.165) is 39.3 Å². The summed E-state index contributed by atoms with van der Waals surface area (Å²) in [5, 5.41) is 3.33. The summed E-state index contributed by atoms with van der Waals surface area (Å²) >= 11 is 0. The summed E-state index contributed by atoms with van der Waals surface area (Å²) in [6.07, 6.45) is 0. The Morgan fingerprint density at radius 1 is 1.38 bits per heavy atom. The van der Waals surface area contributed by atoms with E-state index in [4.69, 9.17) is 4.74 Å². The van der Waals surface area contributed by atoms with Gasteiger partial charge in [0, 0.05) is 46.2 Å². The van der Waals surface area contributed by atoms with Crippen LogP contribution in [0.3, 0.4) is 0 Å². The highest BCUT2D eigenvalue weighted by atomic mass is 16.5. The van der Waals surface area contributed by atoms with Crippen molar-refractivity contribution in [3.8, 4) is 0 Å². The lowest BCUT2D eigenvalue weighted by Crippen LogP contribution is -2.55. The predicted octanol–water partition coefficient (Wildman–Crippen LogP) is -0.861. The molecule has 1 amide bonds. The molecule has 5 nitrogen and oxygen atoms in total. The highest BCUT2D eigenvalue weighted by molar-refractivity contribution is 5.73. The Labute approximate surface area is 96.7 Å². The third-order valence-electron chi connectivity index (χ3n) is 3.31. The normalized spacial score (nSPS) is 28.1. The lowest BCUT2D eigenvalue weighted by atomic mass is 10.2. The van der Waals surface area contributed by atoms with Gasteiger partial charge in [0.2, 0.25) is 5.91 Å². The first-order chi connectivity index (χ1) is 7.77. The van der Waals surface area contributed by atoms with Gasteiger partial charge in [-0.1, -0.05) is 0 Å². The Hall–Kier alpha value is -0.650. The Morgan fingerprint density at radius 2 is 2.12 bits per heavy atom. The monoisotopic (exact) mass is 227 g/mol. The molecule has 1 N–H and O–H groups in total. The lowest BCUT2D eigenvalue weighted by molar-refractivity contribution is -0.138. The first kappa shape index (κ1) is 11.8. The molecule has 2 aliphatic heterocycles. The van der Waals surface area contributed by atoms with Gasteiger partial charge in [0.05, 0.1) is 19.3 Å². The zero-order valence-corrected chi connectivity index (χ0v) is 9.95. The maximum Gasteiger partial charge on any atom is 0.219 e. The Kier molecular flexibility index (Phi) is 4.15. The summed E-state index contributed by atoms with van der Waals surface area (Å²) in [5.41, 5.74) is 0. The molecule has 2 heterocycles. The number of morpholine rings is 1. The number of nitrogens with zero attached hydrogens (tertiary/aromatic N) is 2. The molecule has 0 radical (unpaired) electrons. The van der Waals surface area contributed by atoms with Crippen molar-refractivity contribution in [2.45, 2.75) is 13.0 Å². The van der Waals surface area contributed by atoms with Gasteiger partial charge in [-0.15, -0.1) is 0 Å². The molecule has 0 aliphatic carbocycles. The fourth-order valence-corrected chi connectivity index (χ4v) is 2.41. The summed E-state index contributed by atoms with van der Waals surface area (Å²) in [6, 6.07) is 0.240. The van der Waals surface area contributed by atoms with Crippen LogP contribution in [0.4, 0.5) is 0 Å². The van der Waals surface area contributed by atoms with E-state index in [1.807, 2.05) is 4.90 Å². The van der Waals surface area contributed by atoms with Crippen LogP contribution in [0, 0.1) is 0 Å². The van der Waals surface area contributed by atoms with E-state index < -0.39 is 0 Å². The van der Waals surface area contributed by atoms with Gasteiger partial charge in [-0.2, -0.15) is 0 Å². The average Bonchev–Trinajstić information content (AvgIpc) is 2.31. The van der Waals surface area contributed by atoms with Crippen LogP contribution >= 0.6 is 0 Å². The standard InChI is InChI=1S/C11H21N3O2/c1-10(15)14-6-7-16-9-11(14)8-13-4-2-12-3-5-13/h11-12H,2-9H2,1H3. The molecule has 0 bridgehead atoms. The fourth-order valence-electron chi connectivity index (χ4n) is 2.41. The van der Waals surface area contributed by atoms with E-state index >= 15 is 0 Å². The van der Waals surface area contributed by atoms with Crippen LogP contribution in [0.2, 0.25) is 0 Å². The minimum Gasteiger partial charge on any atom is -0.377 e. The van der Waals surface area contributed by atoms with Gasteiger partial charge >= 0.3 is 0 Å². The van der Waals surface area contributed by atoms with Crippen LogP contribution in [-0.2, 0) is 9.53 Å². The molecule has 0 aromatic carbocycles. The van der Waals surface area contributed by atoms with Crippen molar-refractivity contribution in [1.82, 2.24) is 15.1 Å². The van der Waals surface area contributed by atoms with E-state index in [0.29, 0.717) is 13.2 Å². The number of hydrogen-bond acceptors (Lipinski definition) is 4. The third kappa shape index (κ3) is 2.93. The number of carbonyl (C=O) groups is 1. The number of nitrogens with one attached hydrogen (secondary N) is 1. The van der Waals surface area contributed by atoms with E-state index in [9.17, 15) is 4.79 Å². The molecule has 0 saturated carbocycles. The van der Waals surface area contributed by atoms with Crippen molar-refractivity contribution in [2.75, 3.05) is 52.5 Å². The van der Waals surface area contributed by atoms with Crippen LogP contribution in [0.25, 0.3) is 0 Å². The smallest absolute Gasteiger partial charge is 0.219 e. The molecule has 2 fully saturated rings. The van der Waals surface area contributed by atoms with Gasteiger partial charge in [-0.3, -0.25) is 9.69 Å². The molecule has 0 aromatic rings. The first-order valence-electron chi connectivity index (χ1n) is 6.05. The highest BCUT2D eigenvalue weighted by Crippen LogP contribution is 2.09. The fraction of sp³-hybridized carbons (Fsp3) is 0.909. The summed E-state index contributed by atoms with van der Waals surface area (Å²) in [6.45, 7) is 8.94. The predicted molar refractivity (Wildman–Crippen MR) is 61.3 cm³/mol. The summed E-state index contributed by atoms with van der Waals surface area (Å²) < 4.78 is 5.47. The minimum absolute atomic E-state index is 0.170. The van der Waals surface area contributed by atoms with Gasteiger partial charge in [-0.05, 0) is 0 Å². The molecule has 2 rings (SSSR count). The maximum atomic E-state index is 11.5. The SMILES string of the molecule is CC(=O)N1CCOCC1CN1CCNCC1. The average molecular weight is 227 g/mol. The molecule has 2 aliphatic rings. The van der Waals surface area contributed by atoms with Crippen molar-refractivity contribution in [1.29, 1.82) is 0 Å². The van der Waals surface area contributed by atoms with E-state index in [1.165, 1.54) is 0 Å². The van der Waals surface area contributed by atoms with Gasteiger partial charge in [0.15, 0.2) is 0 Å². The molecule has 5 heteroatoms. The first-order valence-corrected chi connectivity index (χ1v) is 6.05. The molecule has 0 spiro atoms. The van der Waals surface area contributed by atoms with Crippen molar-refractivity contribution < 1.29 is 9.53 Å². The van der Waals surface area contributed by atoms with E-state index in [-0.39, 0.29) is 11.9 Å². The molecule has 16 heavy (non-hydrogen) atoms. The topological polar surface area (TPSA) is 44.8 Å². The molecular formula is C11H21N3O2. The number of ether oxygens (including phenoxy) is 1. The number of rotatable bonds is 2. The van der Waals surface area contributed by atoms with E-state index in [1.54, 1.807) is 6.92 Å². The third-order valence-corrected chi connectivity index (χ3v) is 3.31. The van der Waals surface area contributed by atoms with Gasteiger partial charge in [0.25, 0.3) is 0 Å². The number of amides is 1. The van der Waals surface area contributed by atoms with Crippen molar-refractivity contribution in [3.63, 3.8) is 0 Å². The quantitative estimate of drug-likeness (QED) is 0.667. The molecule has 92 valence electrons. The number of piperazine rings is 1. The summed E-state index contributed by atoms with van der Waals surface area (Å²) in [4.78, 5) is 15.8. The largest absolute Gasteiger partial charge is 0.377 e. The second kappa shape index (κ2) is 5.61. The zero-order valence-electron chi connectivity index (χ0n) is 9.95. The van der Waals surface area contributed by atoms with Crippen molar-refractivity contribution in [2.24, 2.45) is 0 Å². The summed E-state index contributed by atoms with van der Waals surface area (Å²) in [7, 11) is 0. The number of carbonyl (C=O) groups excluding carboxylic acids is 1. The highest BCUT2D eigenvalue weighted by Gasteiger charge is 2.27. The Balaban J connectivity index is 1.87. The van der Waals surface area contributed by atoms with Crippen LogP contribution in [0.1, 0.15) is 6.92 Å². The second-order valence-electron chi connectivity index (χ2n) is 4.49. The van der Waals surface area contributed by atoms with Gasteiger partial charge in [0.1, 0.15) is 0 Å².